The van der Waals surface area contributed by atoms with E-state index < -0.39 is 0 Å². The predicted octanol–water partition coefficient (Wildman–Crippen LogP) is 3.65. The molecule has 3 rings (SSSR count). The number of rotatable bonds is 1. The molecule has 1 N–H and O–H groups in total. The molecule has 1 heterocycles. The summed E-state index contributed by atoms with van der Waals surface area (Å²) < 4.78 is 0. The van der Waals surface area contributed by atoms with E-state index in [0.717, 1.165) is 28.9 Å². The van der Waals surface area contributed by atoms with Crippen LogP contribution in [0.3, 0.4) is 0 Å². The molecule has 0 saturated carbocycles. The van der Waals surface area contributed by atoms with Crippen LogP contribution in [0.2, 0.25) is 5.02 Å². The van der Waals surface area contributed by atoms with E-state index in [1.165, 1.54) is 0 Å². The second-order valence-corrected chi connectivity index (χ2v) is 5.80. The summed E-state index contributed by atoms with van der Waals surface area (Å²) in [7, 11) is 3.96. The lowest BCUT2D eigenvalue weighted by molar-refractivity contribution is 0.462. The first-order valence-electron chi connectivity index (χ1n) is 6.87. The maximum Gasteiger partial charge on any atom is 0.121 e. The zero-order chi connectivity index (χ0) is 15.0. The van der Waals surface area contributed by atoms with Crippen molar-refractivity contribution in [3.8, 4) is 5.75 Å². The molecular formula is C17H17ClN2O. The van der Waals surface area contributed by atoms with Gasteiger partial charge in [-0.1, -0.05) is 41.9 Å². The van der Waals surface area contributed by atoms with Crippen molar-refractivity contribution in [2.24, 2.45) is 4.99 Å². The summed E-state index contributed by atoms with van der Waals surface area (Å²) in [4.78, 5) is 6.82. The quantitative estimate of drug-likeness (QED) is 0.872. The minimum Gasteiger partial charge on any atom is -0.508 e. The first-order chi connectivity index (χ1) is 10.1. The van der Waals surface area contributed by atoms with Crippen molar-refractivity contribution in [2.45, 2.75) is 12.5 Å². The molecular weight excluding hydrogens is 284 g/mol. The highest BCUT2D eigenvalue weighted by Gasteiger charge is 2.27. The Labute approximate surface area is 129 Å². The van der Waals surface area contributed by atoms with Crippen LogP contribution in [-0.2, 0) is 6.42 Å². The van der Waals surface area contributed by atoms with Gasteiger partial charge in [0.15, 0.2) is 0 Å². The second-order valence-electron chi connectivity index (χ2n) is 5.39. The SMILES string of the molecule is CN(C)C1=NC(c2ccccc2Cl)c2c(O)cccc2C1. The number of benzene rings is 2. The summed E-state index contributed by atoms with van der Waals surface area (Å²) >= 11 is 6.34. The van der Waals surface area contributed by atoms with Gasteiger partial charge >= 0.3 is 0 Å². The van der Waals surface area contributed by atoms with E-state index in [1.807, 2.05) is 55.4 Å². The fourth-order valence-electron chi connectivity index (χ4n) is 2.69. The van der Waals surface area contributed by atoms with Crippen LogP contribution in [0.5, 0.6) is 5.75 Å². The molecule has 1 unspecified atom stereocenters. The summed E-state index contributed by atoms with van der Waals surface area (Å²) in [6.45, 7) is 0. The van der Waals surface area contributed by atoms with E-state index in [2.05, 4.69) is 0 Å². The van der Waals surface area contributed by atoms with Crippen LogP contribution in [0.15, 0.2) is 47.5 Å². The summed E-state index contributed by atoms with van der Waals surface area (Å²) in [6.07, 6.45) is 0.720. The van der Waals surface area contributed by atoms with E-state index in [4.69, 9.17) is 16.6 Å². The van der Waals surface area contributed by atoms with Crippen molar-refractivity contribution in [3.63, 3.8) is 0 Å². The van der Waals surface area contributed by atoms with E-state index >= 15 is 0 Å². The molecule has 4 heteroatoms. The zero-order valence-corrected chi connectivity index (χ0v) is 12.8. The monoisotopic (exact) mass is 300 g/mol. The number of fused-ring (bicyclic) bond motifs is 1. The Hall–Kier alpha value is -2.00. The van der Waals surface area contributed by atoms with Gasteiger partial charge in [-0.05, 0) is 23.3 Å². The van der Waals surface area contributed by atoms with E-state index in [-0.39, 0.29) is 11.8 Å². The number of nitrogens with zero attached hydrogens (tertiary/aromatic N) is 2. The third kappa shape index (κ3) is 2.49. The Morgan fingerprint density at radius 2 is 1.90 bits per heavy atom. The molecule has 0 bridgehead atoms. The normalized spacial score (nSPS) is 17.1. The summed E-state index contributed by atoms with van der Waals surface area (Å²) in [5, 5.41) is 10.9. The third-order valence-electron chi connectivity index (χ3n) is 3.79. The van der Waals surface area contributed by atoms with E-state index in [9.17, 15) is 5.11 Å². The topological polar surface area (TPSA) is 35.8 Å². The fourth-order valence-corrected chi connectivity index (χ4v) is 2.93. The number of aliphatic imine (C=N–C) groups is 1. The minimum atomic E-state index is -0.263. The van der Waals surface area contributed by atoms with Crippen LogP contribution in [0, 0.1) is 0 Å². The Morgan fingerprint density at radius 1 is 1.14 bits per heavy atom. The molecule has 0 saturated heterocycles. The smallest absolute Gasteiger partial charge is 0.121 e. The van der Waals surface area contributed by atoms with Gasteiger partial charge in [0, 0.05) is 31.1 Å². The molecule has 0 radical (unpaired) electrons. The van der Waals surface area contributed by atoms with Crippen LogP contribution in [0.25, 0.3) is 0 Å². The number of phenols is 1. The highest BCUT2D eigenvalue weighted by atomic mass is 35.5. The van der Waals surface area contributed by atoms with Crippen LogP contribution in [0.4, 0.5) is 0 Å². The van der Waals surface area contributed by atoms with Gasteiger partial charge < -0.3 is 10.0 Å². The number of phenolic OH excluding ortho intramolecular Hbond substituents is 1. The highest BCUT2D eigenvalue weighted by molar-refractivity contribution is 6.31. The fraction of sp³-hybridized carbons (Fsp3) is 0.235. The largest absolute Gasteiger partial charge is 0.508 e. The van der Waals surface area contributed by atoms with Gasteiger partial charge in [0.2, 0.25) is 0 Å². The molecule has 0 spiro atoms. The van der Waals surface area contributed by atoms with Crippen LogP contribution in [-0.4, -0.2) is 29.9 Å². The maximum absolute atomic E-state index is 10.3. The van der Waals surface area contributed by atoms with Gasteiger partial charge in [0.05, 0.1) is 0 Å². The molecule has 2 aromatic rings. The zero-order valence-electron chi connectivity index (χ0n) is 12.0. The number of amidine groups is 1. The van der Waals surface area contributed by atoms with Crippen molar-refractivity contribution < 1.29 is 5.11 Å². The standard InChI is InChI=1S/C17H17ClN2O/c1-20(2)15-10-11-6-5-9-14(21)16(11)17(19-15)12-7-3-4-8-13(12)18/h3-9,17,21H,10H2,1-2H3. The molecule has 1 aliphatic heterocycles. The predicted molar refractivity (Wildman–Crippen MR) is 86.2 cm³/mol. The van der Waals surface area contributed by atoms with Gasteiger partial charge in [-0.2, -0.15) is 0 Å². The molecule has 108 valence electrons. The van der Waals surface area contributed by atoms with Gasteiger partial charge in [0.25, 0.3) is 0 Å². The Kier molecular flexibility index (Phi) is 3.60. The first-order valence-corrected chi connectivity index (χ1v) is 7.25. The van der Waals surface area contributed by atoms with Gasteiger partial charge in [-0.3, -0.25) is 4.99 Å². The summed E-state index contributed by atoms with van der Waals surface area (Å²) in [6, 6.07) is 13.0. The van der Waals surface area contributed by atoms with Crippen molar-refractivity contribution in [3.05, 3.63) is 64.2 Å². The lowest BCUT2D eigenvalue weighted by Gasteiger charge is -2.28. The number of hydrogen-bond acceptors (Lipinski definition) is 3. The second kappa shape index (κ2) is 5.41. The van der Waals surface area contributed by atoms with Crippen LogP contribution < -0.4 is 0 Å². The molecule has 3 nitrogen and oxygen atoms in total. The molecule has 0 aliphatic carbocycles. The number of halogens is 1. The van der Waals surface area contributed by atoms with Crippen molar-refractivity contribution in [1.29, 1.82) is 0 Å². The third-order valence-corrected chi connectivity index (χ3v) is 4.13. The van der Waals surface area contributed by atoms with Crippen molar-refractivity contribution in [1.82, 2.24) is 4.90 Å². The lowest BCUT2D eigenvalue weighted by Crippen LogP contribution is -2.28. The molecule has 2 aromatic carbocycles. The van der Waals surface area contributed by atoms with Gasteiger partial charge in [-0.15, -0.1) is 0 Å². The van der Waals surface area contributed by atoms with Crippen molar-refractivity contribution >= 4 is 17.4 Å². The lowest BCUT2D eigenvalue weighted by atomic mass is 9.89. The van der Waals surface area contributed by atoms with Crippen LogP contribution >= 0.6 is 11.6 Å². The molecule has 0 fully saturated rings. The minimum absolute atomic E-state index is 0.263. The number of aromatic hydroxyl groups is 1. The summed E-state index contributed by atoms with van der Waals surface area (Å²) in [5.41, 5.74) is 2.87. The Balaban J connectivity index is 2.20. The molecule has 1 aliphatic rings. The first kappa shape index (κ1) is 14.0. The molecule has 1 atom stereocenters. The van der Waals surface area contributed by atoms with Gasteiger partial charge in [-0.25, -0.2) is 0 Å². The molecule has 21 heavy (non-hydrogen) atoms. The average Bonchev–Trinajstić information content (AvgIpc) is 2.47. The summed E-state index contributed by atoms with van der Waals surface area (Å²) in [5.74, 6) is 1.26. The Bertz CT molecular complexity index is 710. The van der Waals surface area contributed by atoms with E-state index in [1.54, 1.807) is 6.07 Å². The van der Waals surface area contributed by atoms with Gasteiger partial charge in [0.1, 0.15) is 17.6 Å². The van der Waals surface area contributed by atoms with Crippen molar-refractivity contribution in [2.75, 3.05) is 14.1 Å². The van der Waals surface area contributed by atoms with Crippen LogP contribution in [0.1, 0.15) is 22.7 Å². The highest BCUT2D eigenvalue weighted by Crippen LogP contribution is 2.40. The average molecular weight is 301 g/mol. The molecule has 0 amide bonds. The maximum atomic E-state index is 10.3. The number of likely N-dealkylation sites (N-methyl/N-ethyl adjacent to an activating group) is 1. The van der Waals surface area contributed by atoms with E-state index in [0.29, 0.717) is 5.02 Å². The Morgan fingerprint density at radius 3 is 2.62 bits per heavy atom. The molecule has 0 aromatic heterocycles. The number of hydrogen-bond donors (Lipinski definition) is 1.